The van der Waals surface area contributed by atoms with Crippen LogP contribution in [0.15, 0.2) is 54.6 Å². The molecule has 0 N–H and O–H groups in total. The summed E-state index contributed by atoms with van der Waals surface area (Å²) in [4.78, 5) is 17.5. The maximum atomic E-state index is 13.1. The molecule has 0 spiro atoms. The lowest BCUT2D eigenvalue weighted by Gasteiger charge is -2.42. The van der Waals surface area contributed by atoms with E-state index < -0.39 is 0 Å². The highest BCUT2D eigenvalue weighted by atomic mass is 35.5. The number of nitrogens with zero attached hydrogens (tertiary/aromatic N) is 2. The lowest BCUT2D eigenvalue weighted by molar-refractivity contribution is 0.0451. The molecule has 0 aliphatic carbocycles. The first kappa shape index (κ1) is 17.0. The Bertz CT molecular complexity index is 689. The smallest absolute Gasteiger partial charge is 0.255 e. The summed E-state index contributed by atoms with van der Waals surface area (Å²) < 4.78 is 0. The molecule has 1 aliphatic heterocycles. The van der Waals surface area contributed by atoms with Crippen LogP contribution in [-0.2, 0) is 0 Å². The number of carbonyl (C=O) groups is 1. The van der Waals surface area contributed by atoms with E-state index in [2.05, 4.69) is 24.0 Å². The Labute approximate surface area is 148 Å². The maximum absolute atomic E-state index is 13.1. The fourth-order valence-electron chi connectivity index (χ4n) is 3.35. The third kappa shape index (κ3) is 3.63. The molecule has 4 heteroatoms. The first-order chi connectivity index (χ1) is 11.7. The monoisotopic (exact) mass is 342 g/mol. The van der Waals surface area contributed by atoms with Gasteiger partial charge in [-0.05, 0) is 30.7 Å². The van der Waals surface area contributed by atoms with Gasteiger partial charge in [0.15, 0.2) is 0 Å². The number of rotatable bonds is 4. The van der Waals surface area contributed by atoms with Crippen molar-refractivity contribution in [2.75, 3.05) is 26.2 Å². The summed E-state index contributed by atoms with van der Waals surface area (Å²) in [6.07, 6.45) is 1.12. The minimum atomic E-state index is 0.0191. The second-order valence-corrected chi connectivity index (χ2v) is 6.61. The lowest BCUT2D eigenvalue weighted by atomic mass is 10.0. The third-order valence-corrected chi connectivity index (χ3v) is 4.88. The number of piperazine rings is 1. The second kappa shape index (κ2) is 7.82. The highest BCUT2D eigenvalue weighted by molar-refractivity contribution is 6.33. The zero-order chi connectivity index (χ0) is 16.9. The van der Waals surface area contributed by atoms with Crippen LogP contribution in [0, 0.1) is 0 Å². The number of benzene rings is 2. The summed E-state index contributed by atoms with van der Waals surface area (Å²) in [5.41, 5.74) is 1.77. The van der Waals surface area contributed by atoms with Gasteiger partial charge >= 0.3 is 0 Å². The molecule has 1 aliphatic rings. The largest absolute Gasteiger partial charge is 0.329 e. The molecule has 0 bridgehead atoms. The summed E-state index contributed by atoms with van der Waals surface area (Å²) in [7, 11) is 0. The molecule has 1 amide bonds. The molecule has 1 unspecified atom stereocenters. The van der Waals surface area contributed by atoms with Crippen LogP contribution < -0.4 is 0 Å². The molecule has 0 saturated carbocycles. The minimum Gasteiger partial charge on any atom is -0.329 e. The lowest BCUT2D eigenvalue weighted by Crippen LogP contribution is -2.50. The molecule has 1 atom stereocenters. The summed E-state index contributed by atoms with van der Waals surface area (Å²) in [5, 5.41) is 0.519. The number of carbonyl (C=O) groups excluding carboxylic acids is 1. The number of hydrogen-bond donors (Lipinski definition) is 0. The molecule has 1 saturated heterocycles. The molecule has 0 radical (unpaired) electrons. The standard InChI is InChI=1S/C20H23ClN2O/c1-2-12-22-13-14-23(19(15-22)16-8-4-3-5-9-16)20(24)17-10-6-7-11-18(17)21/h3-11,19H,2,12-15H2,1H3. The Kier molecular flexibility index (Phi) is 5.54. The van der Waals surface area contributed by atoms with E-state index in [9.17, 15) is 4.79 Å². The van der Waals surface area contributed by atoms with Gasteiger partial charge in [0.2, 0.25) is 0 Å². The van der Waals surface area contributed by atoms with Gasteiger partial charge in [-0.25, -0.2) is 0 Å². The van der Waals surface area contributed by atoms with Gasteiger partial charge in [-0.2, -0.15) is 0 Å². The van der Waals surface area contributed by atoms with Crippen molar-refractivity contribution < 1.29 is 4.79 Å². The molecule has 0 aromatic heterocycles. The van der Waals surface area contributed by atoms with E-state index in [1.54, 1.807) is 6.07 Å². The fourth-order valence-corrected chi connectivity index (χ4v) is 3.57. The second-order valence-electron chi connectivity index (χ2n) is 6.21. The first-order valence-electron chi connectivity index (χ1n) is 8.53. The van der Waals surface area contributed by atoms with E-state index in [4.69, 9.17) is 11.6 Å². The van der Waals surface area contributed by atoms with Crippen LogP contribution in [0.5, 0.6) is 0 Å². The fraction of sp³-hybridized carbons (Fsp3) is 0.350. The summed E-state index contributed by atoms with van der Waals surface area (Å²) >= 11 is 6.25. The minimum absolute atomic E-state index is 0.0191. The van der Waals surface area contributed by atoms with E-state index in [-0.39, 0.29) is 11.9 Å². The van der Waals surface area contributed by atoms with Crippen molar-refractivity contribution >= 4 is 17.5 Å². The van der Waals surface area contributed by atoms with Gasteiger partial charge in [0.25, 0.3) is 5.91 Å². The highest BCUT2D eigenvalue weighted by Crippen LogP contribution is 2.28. The zero-order valence-corrected chi connectivity index (χ0v) is 14.7. The van der Waals surface area contributed by atoms with Gasteiger partial charge in [0.05, 0.1) is 16.6 Å². The van der Waals surface area contributed by atoms with Crippen LogP contribution in [0.2, 0.25) is 5.02 Å². The SMILES string of the molecule is CCCN1CCN(C(=O)c2ccccc2Cl)C(c2ccccc2)C1. The van der Waals surface area contributed by atoms with E-state index in [0.29, 0.717) is 10.6 Å². The van der Waals surface area contributed by atoms with Crippen LogP contribution in [0.3, 0.4) is 0 Å². The Morgan fingerprint density at radius 1 is 1.08 bits per heavy atom. The van der Waals surface area contributed by atoms with Crippen LogP contribution in [-0.4, -0.2) is 41.9 Å². The van der Waals surface area contributed by atoms with Gasteiger partial charge in [-0.15, -0.1) is 0 Å². The molecular formula is C20H23ClN2O. The Morgan fingerprint density at radius 2 is 1.79 bits per heavy atom. The van der Waals surface area contributed by atoms with Gasteiger partial charge < -0.3 is 4.90 Å². The van der Waals surface area contributed by atoms with Gasteiger partial charge in [0, 0.05) is 19.6 Å². The third-order valence-electron chi connectivity index (χ3n) is 4.55. The summed E-state index contributed by atoms with van der Waals surface area (Å²) in [6, 6.07) is 17.7. The van der Waals surface area contributed by atoms with Crippen molar-refractivity contribution in [2.45, 2.75) is 19.4 Å². The zero-order valence-electron chi connectivity index (χ0n) is 14.0. The first-order valence-corrected chi connectivity index (χ1v) is 8.91. The Hall–Kier alpha value is -1.84. The van der Waals surface area contributed by atoms with Gasteiger partial charge in [-0.1, -0.05) is 61.0 Å². The number of amides is 1. The van der Waals surface area contributed by atoms with Gasteiger partial charge in [0.1, 0.15) is 0 Å². The van der Waals surface area contributed by atoms with Crippen molar-refractivity contribution in [1.29, 1.82) is 0 Å². The van der Waals surface area contributed by atoms with E-state index in [1.165, 1.54) is 5.56 Å². The summed E-state index contributed by atoms with van der Waals surface area (Å²) in [5.74, 6) is 0.0191. The van der Waals surface area contributed by atoms with Crippen LogP contribution in [0.4, 0.5) is 0 Å². The Morgan fingerprint density at radius 3 is 2.50 bits per heavy atom. The van der Waals surface area contributed by atoms with Crippen molar-refractivity contribution in [3.63, 3.8) is 0 Å². The van der Waals surface area contributed by atoms with Crippen molar-refractivity contribution in [3.05, 3.63) is 70.7 Å². The van der Waals surface area contributed by atoms with Crippen molar-refractivity contribution in [2.24, 2.45) is 0 Å². The summed E-state index contributed by atoms with van der Waals surface area (Å²) in [6.45, 7) is 5.77. The van der Waals surface area contributed by atoms with Crippen LogP contribution in [0.25, 0.3) is 0 Å². The average molecular weight is 343 g/mol. The molecule has 3 rings (SSSR count). The number of hydrogen-bond acceptors (Lipinski definition) is 2. The van der Waals surface area contributed by atoms with Crippen molar-refractivity contribution in [1.82, 2.24) is 9.80 Å². The quantitative estimate of drug-likeness (QED) is 0.829. The molecule has 2 aromatic carbocycles. The van der Waals surface area contributed by atoms with Crippen LogP contribution in [0.1, 0.15) is 35.3 Å². The molecular weight excluding hydrogens is 320 g/mol. The molecule has 24 heavy (non-hydrogen) atoms. The van der Waals surface area contributed by atoms with E-state index in [1.807, 2.05) is 41.3 Å². The maximum Gasteiger partial charge on any atom is 0.255 e. The van der Waals surface area contributed by atoms with Gasteiger partial charge in [-0.3, -0.25) is 9.69 Å². The van der Waals surface area contributed by atoms with Crippen molar-refractivity contribution in [3.8, 4) is 0 Å². The predicted molar refractivity (Wildman–Crippen MR) is 98.4 cm³/mol. The van der Waals surface area contributed by atoms with E-state index in [0.717, 1.165) is 32.6 Å². The molecule has 2 aromatic rings. The molecule has 126 valence electrons. The molecule has 1 fully saturated rings. The molecule has 3 nitrogen and oxygen atoms in total. The highest BCUT2D eigenvalue weighted by Gasteiger charge is 2.32. The Balaban J connectivity index is 1.90. The van der Waals surface area contributed by atoms with Crippen LogP contribution >= 0.6 is 11.6 Å². The topological polar surface area (TPSA) is 23.6 Å². The molecule has 1 heterocycles. The average Bonchev–Trinajstić information content (AvgIpc) is 2.62. The number of halogens is 1. The van der Waals surface area contributed by atoms with E-state index >= 15 is 0 Å². The normalized spacial score (nSPS) is 18.6. The predicted octanol–water partition coefficient (Wildman–Crippen LogP) is 4.25.